The largest absolute Gasteiger partial charge is 0.330 e. The molecule has 3 aromatic rings. The molecule has 1 heterocycles. The fraction of sp³-hybridized carbons (Fsp3) is 0.263. The molecule has 0 spiro atoms. The van der Waals surface area contributed by atoms with E-state index < -0.39 is 11.7 Å². The van der Waals surface area contributed by atoms with Crippen LogP contribution in [0.3, 0.4) is 0 Å². The Hall–Kier alpha value is -2.44. The summed E-state index contributed by atoms with van der Waals surface area (Å²) in [5.74, 6) is -1.62. The van der Waals surface area contributed by atoms with Crippen LogP contribution in [0.4, 0.5) is 10.1 Å². The second-order valence-corrected chi connectivity index (χ2v) is 6.46. The molecule has 1 amide bonds. The van der Waals surface area contributed by atoms with Gasteiger partial charge in [0.15, 0.2) is 0 Å². The molecule has 0 aliphatic heterocycles. The van der Waals surface area contributed by atoms with Crippen LogP contribution in [-0.2, 0) is 11.2 Å². The summed E-state index contributed by atoms with van der Waals surface area (Å²) in [6, 6.07) is 10.1. The fourth-order valence-corrected chi connectivity index (χ4v) is 3.21. The normalized spacial score (nSPS) is 12.3. The van der Waals surface area contributed by atoms with Crippen molar-refractivity contribution in [3.05, 3.63) is 58.5 Å². The SMILES string of the molecule is CCc1[nH]nc2ccc(NC(=O)[C@H](CCN)c3cccc(Cl)c3F)cc12. The minimum atomic E-state index is -0.718. The van der Waals surface area contributed by atoms with Gasteiger partial charge < -0.3 is 11.1 Å². The van der Waals surface area contributed by atoms with Gasteiger partial charge in [0, 0.05) is 22.3 Å². The van der Waals surface area contributed by atoms with Gasteiger partial charge in [-0.25, -0.2) is 4.39 Å². The monoisotopic (exact) mass is 374 g/mol. The molecule has 1 atom stereocenters. The van der Waals surface area contributed by atoms with Crippen LogP contribution in [0.2, 0.25) is 5.02 Å². The maximum Gasteiger partial charge on any atom is 0.232 e. The number of nitrogens with one attached hydrogen (secondary N) is 2. The molecule has 0 unspecified atom stereocenters. The number of H-pyrrole nitrogens is 1. The number of amides is 1. The molecule has 3 rings (SSSR count). The van der Waals surface area contributed by atoms with Crippen molar-refractivity contribution < 1.29 is 9.18 Å². The van der Waals surface area contributed by atoms with Gasteiger partial charge in [-0.05, 0) is 43.7 Å². The number of benzene rings is 2. The lowest BCUT2D eigenvalue weighted by Gasteiger charge is -2.18. The van der Waals surface area contributed by atoms with Crippen LogP contribution < -0.4 is 11.1 Å². The molecule has 0 fully saturated rings. The third-order valence-electron chi connectivity index (χ3n) is 4.38. The maximum atomic E-state index is 14.4. The van der Waals surface area contributed by atoms with E-state index in [2.05, 4.69) is 15.5 Å². The Morgan fingerprint density at radius 3 is 2.92 bits per heavy atom. The zero-order valence-corrected chi connectivity index (χ0v) is 15.1. The van der Waals surface area contributed by atoms with Gasteiger partial charge in [-0.3, -0.25) is 9.89 Å². The van der Waals surface area contributed by atoms with Crippen molar-refractivity contribution in [2.24, 2.45) is 5.73 Å². The number of hydrogen-bond donors (Lipinski definition) is 3. The third kappa shape index (κ3) is 3.57. The average molecular weight is 375 g/mol. The first-order chi connectivity index (χ1) is 12.5. The smallest absolute Gasteiger partial charge is 0.232 e. The number of aromatic amines is 1. The fourth-order valence-electron chi connectivity index (χ4n) is 3.02. The molecule has 4 N–H and O–H groups in total. The Labute approximate surface area is 155 Å². The summed E-state index contributed by atoms with van der Waals surface area (Å²) in [7, 11) is 0. The van der Waals surface area contributed by atoms with E-state index in [-0.39, 0.29) is 23.0 Å². The third-order valence-corrected chi connectivity index (χ3v) is 4.67. The van der Waals surface area contributed by atoms with Gasteiger partial charge in [0.1, 0.15) is 5.82 Å². The predicted molar refractivity (Wildman–Crippen MR) is 102 cm³/mol. The van der Waals surface area contributed by atoms with Crippen LogP contribution in [0.1, 0.15) is 30.5 Å². The molecule has 1 aromatic heterocycles. The zero-order valence-electron chi connectivity index (χ0n) is 14.4. The highest BCUT2D eigenvalue weighted by molar-refractivity contribution is 6.30. The van der Waals surface area contributed by atoms with Crippen molar-refractivity contribution in [2.45, 2.75) is 25.7 Å². The summed E-state index contributed by atoms with van der Waals surface area (Å²) in [6.07, 6.45) is 1.12. The number of carbonyl (C=O) groups excluding carboxylic acids is 1. The van der Waals surface area contributed by atoms with E-state index in [9.17, 15) is 9.18 Å². The minimum Gasteiger partial charge on any atom is -0.330 e. The molecule has 0 saturated heterocycles. The van der Waals surface area contributed by atoms with Crippen LogP contribution >= 0.6 is 11.6 Å². The van der Waals surface area contributed by atoms with Crippen LogP contribution in [-0.4, -0.2) is 22.6 Å². The number of nitrogens with two attached hydrogens (primary N) is 1. The first-order valence-corrected chi connectivity index (χ1v) is 8.84. The highest BCUT2D eigenvalue weighted by Gasteiger charge is 2.24. The zero-order chi connectivity index (χ0) is 18.7. The predicted octanol–water partition coefficient (Wildman–Crippen LogP) is 3.99. The molecule has 26 heavy (non-hydrogen) atoms. The van der Waals surface area contributed by atoms with Crippen molar-refractivity contribution in [1.82, 2.24) is 10.2 Å². The van der Waals surface area contributed by atoms with E-state index in [4.69, 9.17) is 17.3 Å². The lowest BCUT2D eigenvalue weighted by atomic mass is 9.94. The van der Waals surface area contributed by atoms with Crippen molar-refractivity contribution in [2.75, 3.05) is 11.9 Å². The number of nitrogens with zero attached hydrogens (tertiary/aromatic N) is 1. The van der Waals surface area contributed by atoms with E-state index in [0.717, 1.165) is 23.0 Å². The van der Waals surface area contributed by atoms with Gasteiger partial charge >= 0.3 is 0 Å². The molecule has 7 heteroatoms. The Morgan fingerprint density at radius 1 is 1.38 bits per heavy atom. The Morgan fingerprint density at radius 2 is 2.19 bits per heavy atom. The van der Waals surface area contributed by atoms with Crippen LogP contribution in [0.5, 0.6) is 0 Å². The summed E-state index contributed by atoms with van der Waals surface area (Å²) in [5.41, 5.74) is 8.34. The highest BCUT2D eigenvalue weighted by Crippen LogP contribution is 2.29. The van der Waals surface area contributed by atoms with E-state index in [0.29, 0.717) is 12.1 Å². The number of halogens is 2. The number of aryl methyl sites for hydroxylation is 1. The number of anilines is 1. The first-order valence-electron chi connectivity index (χ1n) is 8.47. The van der Waals surface area contributed by atoms with E-state index in [1.807, 2.05) is 19.1 Å². The quantitative estimate of drug-likeness (QED) is 0.610. The van der Waals surface area contributed by atoms with Crippen molar-refractivity contribution in [3.63, 3.8) is 0 Å². The number of carbonyl (C=O) groups is 1. The maximum absolute atomic E-state index is 14.4. The second kappa shape index (κ2) is 7.85. The second-order valence-electron chi connectivity index (χ2n) is 6.05. The summed E-state index contributed by atoms with van der Waals surface area (Å²) in [6.45, 7) is 2.28. The molecule has 2 aromatic carbocycles. The summed E-state index contributed by atoms with van der Waals surface area (Å²) < 4.78 is 14.4. The van der Waals surface area contributed by atoms with E-state index >= 15 is 0 Å². The number of aromatic nitrogens is 2. The number of fused-ring (bicyclic) bond motifs is 1. The van der Waals surface area contributed by atoms with Gasteiger partial charge in [-0.1, -0.05) is 30.7 Å². The molecular weight excluding hydrogens is 355 g/mol. The topological polar surface area (TPSA) is 83.8 Å². The van der Waals surface area contributed by atoms with E-state index in [1.54, 1.807) is 18.2 Å². The van der Waals surface area contributed by atoms with Gasteiger partial charge in [-0.2, -0.15) is 5.10 Å². The minimum absolute atomic E-state index is 0.00951. The van der Waals surface area contributed by atoms with Gasteiger partial charge in [0.05, 0.1) is 16.5 Å². The van der Waals surface area contributed by atoms with Crippen LogP contribution in [0.15, 0.2) is 36.4 Å². The number of hydrogen-bond acceptors (Lipinski definition) is 3. The Kier molecular flexibility index (Phi) is 5.54. The summed E-state index contributed by atoms with van der Waals surface area (Å²) in [4.78, 5) is 12.8. The van der Waals surface area contributed by atoms with E-state index in [1.165, 1.54) is 6.07 Å². The lowest BCUT2D eigenvalue weighted by molar-refractivity contribution is -0.117. The molecule has 0 aliphatic carbocycles. The first kappa shape index (κ1) is 18.4. The Balaban J connectivity index is 1.89. The molecule has 0 saturated carbocycles. The molecule has 5 nitrogen and oxygen atoms in total. The van der Waals surface area contributed by atoms with Gasteiger partial charge in [0.2, 0.25) is 5.91 Å². The summed E-state index contributed by atoms with van der Waals surface area (Å²) >= 11 is 5.86. The Bertz CT molecular complexity index is 940. The molecule has 0 radical (unpaired) electrons. The van der Waals surface area contributed by atoms with Crippen LogP contribution in [0, 0.1) is 5.82 Å². The molecular formula is C19H20ClFN4O. The van der Waals surface area contributed by atoms with Crippen molar-refractivity contribution >= 4 is 34.1 Å². The average Bonchev–Trinajstić information content (AvgIpc) is 3.04. The standard InChI is InChI=1S/C19H20ClFN4O/c1-2-16-14-10-11(6-7-17(14)25-24-16)23-19(26)13(8-9-22)12-4-3-5-15(20)18(12)21/h3-7,10,13H,2,8-9,22H2,1H3,(H,23,26)(H,24,25)/t13-/m1/s1. The van der Waals surface area contributed by atoms with Gasteiger partial charge in [0.25, 0.3) is 0 Å². The van der Waals surface area contributed by atoms with Crippen molar-refractivity contribution in [3.8, 4) is 0 Å². The lowest BCUT2D eigenvalue weighted by Crippen LogP contribution is -2.24. The summed E-state index contributed by atoms with van der Waals surface area (Å²) in [5, 5.41) is 11.0. The molecule has 0 bridgehead atoms. The van der Waals surface area contributed by atoms with Crippen molar-refractivity contribution in [1.29, 1.82) is 0 Å². The highest BCUT2D eigenvalue weighted by atomic mass is 35.5. The molecule has 0 aliphatic rings. The number of rotatable bonds is 6. The molecule has 136 valence electrons. The van der Waals surface area contributed by atoms with Crippen LogP contribution in [0.25, 0.3) is 10.9 Å². The van der Waals surface area contributed by atoms with Gasteiger partial charge in [-0.15, -0.1) is 0 Å².